The van der Waals surface area contributed by atoms with Gasteiger partial charge < -0.3 is 10.6 Å². The molecule has 3 nitrogen and oxygen atoms in total. The van der Waals surface area contributed by atoms with Crippen LogP contribution in [0.5, 0.6) is 0 Å². The van der Waals surface area contributed by atoms with Crippen molar-refractivity contribution in [1.82, 2.24) is 5.32 Å². The highest BCUT2D eigenvalue weighted by Crippen LogP contribution is 2.35. The van der Waals surface area contributed by atoms with Gasteiger partial charge in [0, 0.05) is 17.6 Å². The average molecular weight is 282 g/mol. The van der Waals surface area contributed by atoms with Gasteiger partial charge in [-0.15, -0.1) is 0 Å². The molecular formula is C18H22N2O. The molecular weight excluding hydrogens is 260 g/mol. The van der Waals surface area contributed by atoms with E-state index in [0.29, 0.717) is 0 Å². The first-order valence-corrected chi connectivity index (χ1v) is 7.78. The van der Waals surface area contributed by atoms with Gasteiger partial charge in [0.25, 0.3) is 0 Å². The highest BCUT2D eigenvalue weighted by atomic mass is 16.2. The Morgan fingerprint density at radius 2 is 1.95 bits per heavy atom. The van der Waals surface area contributed by atoms with Crippen molar-refractivity contribution in [3.63, 3.8) is 0 Å². The minimum absolute atomic E-state index is 0.0557. The van der Waals surface area contributed by atoms with Gasteiger partial charge in [-0.25, -0.2) is 0 Å². The first kappa shape index (κ1) is 13.9. The fourth-order valence-electron chi connectivity index (χ4n) is 3.07. The van der Waals surface area contributed by atoms with E-state index in [2.05, 4.69) is 47.9 Å². The summed E-state index contributed by atoms with van der Waals surface area (Å²) >= 11 is 0. The molecule has 2 aromatic rings. The molecule has 1 aliphatic rings. The Morgan fingerprint density at radius 1 is 1.19 bits per heavy atom. The van der Waals surface area contributed by atoms with Gasteiger partial charge in [0.05, 0.1) is 0 Å². The molecule has 0 radical (unpaired) electrons. The molecule has 0 aliphatic heterocycles. The number of hydrogen-bond donors (Lipinski definition) is 2. The van der Waals surface area contributed by atoms with Crippen molar-refractivity contribution in [2.75, 3.05) is 11.9 Å². The SMILES string of the molecule is CCCNC(=O)C(C)Nc1ccc2c3c(cccc13)CC2. The third kappa shape index (κ3) is 2.60. The molecule has 1 atom stereocenters. The second-order valence-electron chi connectivity index (χ2n) is 5.77. The fraction of sp³-hybridized carbons (Fsp3) is 0.389. The van der Waals surface area contributed by atoms with E-state index in [-0.39, 0.29) is 11.9 Å². The summed E-state index contributed by atoms with van der Waals surface area (Å²) in [6, 6.07) is 10.5. The topological polar surface area (TPSA) is 41.1 Å². The zero-order valence-corrected chi connectivity index (χ0v) is 12.7. The van der Waals surface area contributed by atoms with E-state index in [1.165, 1.54) is 21.9 Å². The van der Waals surface area contributed by atoms with E-state index in [9.17, 15) is 4.79 Å². The smallest absolute Gasteiger partial charge is 0.242 e. The third-order valence-corrected chi connectivity index (χ3v) is 4.19. The van der Waals surface area contributed by atoms with Crippen LogP contribution >= 0.6 is 0 Å². The van der Waals surface area contributed by atoms with Crippen LogP contribution < -0.4 is 10.6 Å². The number of carbonyl (C=O) groups is 1. The van der Waals surface area contributed by atoms with Gasteiger partial charge >= 0.3 is 0 Å². The normalized spacial score (nSPS) is 14.2. The molecule has 1 amide bonds. The Balaban J connectivity index is 1.87. The summed E-state index contributed by atoms with van der Waals surface area (Å²) in [5, 5.41) is 8.91. The Kier molecular flexibility index (Phi) is 3.82. The van der Waals surface area contributed by atoms with Gasteiger partial charge in [0.2, 0.25) is 5.91 Å². The molecule has 0 heterocycles. The van der Waals surface area contributed by atoms with Crippen LogP contribution in [0, 0.1) is 0 Å². The molecule has 1 unspecified atom stereocenters. The first-order valence-electron chi connectivity index (χ1n) is 7.78. The standard InChI is InChI=1S/C18H22N2O/c1-3-11-19-18(21)12(2)20-16-10-9-14-8-7-13-5-4-6-15(16)17(13)14/h4-6,9-10,12,20H,3,7-8,11H2,1-2H3,(H,19,21). The van der Waals surface area contributed by atoms with Crippen molar-refractivity contribution in [1.29, 1.82) is 0 Å². The van der Waals surface area contributed by atoms with Crippen molar-refractivity contribution in [3.05, 3.63) is 41.5 Å². The Hall–Kier alpha value is -2.03. The largest absolute Gasteiger partial charge is 0.373 e. The lowest BCUT2D eigenvalue weighted by Gasteiger charge is -2.17. The molecule has 0 spiro atoms. The third-order valence-electron chi connectivity index (χ3n) is 4.19. The Morgan fingerprint density at radius 3 is 2.71 bits per heavy atom. The summed E-state index contributed by atoms with van der Waals surface area (Å²) in [5.41, 5.74) is 3.90. The number of benzene rings is 2. The van der Waals surface area contributed by atoms with Crippen LogP contribution in [0.2, 0.25) is 0 Å². The average Bonchev–Trinajstić information content (AvgIpc) is 2.92. The lowest BCUT2D eigenvalue weighted by molar-refractivity contribution is -0.121. The molecule has 1 aliphatic carbocycles. The Labute approximate surface area is 125 Å². The van der Waals surface area contributed by atoms with E-state index < -0.39 is 0 Å². The fourth-order valence-corrected chi connectivity index (χ4v) is 3.07. The van der Waals surface area contributed by atoms with Gasteiger partial charge in [-0.2, -0.15) is 0 Å². The van der Waals surface area contributed by atoms with Crippen molar-refractivity contribution in [2.45, 2.75) is 39.2 Å². The predicted molar refractivity (Wildman–Crippen MR) is 87.7 cm³/mol. The molecule has 2 aromatic carbocycles. The van der Waals surface area contributed by atoms with Crippen molar-refractivity contribution in [3.8, 4) is 0 Å². The van der Waals surface area contributed by atoms with Crippen LogP contribution in [0.3, 0.4) is 0 Å². The van der Waals surface area contributed by atoms with Gasteiger partial charge in [0.1, 0.15) is 6.04 Å². The maximum atomic E-state index is 12.0. The number of nitrogens with one attached hydrogen (secondary N) is 2. The van der Waals surface area contributed by atoms with Crippen molar-refractivity contribution in [2.24, 2.45) is 0 Å². The maximum absolute atomic E-state index is 12.0. The van der Waals surface area contributed by atoms with E-state index in [4.69, 9.17) is 0 Å². The number of hydrogen-bond acceptors (Lipinski definition) is 2. The molecule has 0 saturated carbocycles. The molecule has 0 aromatic heterocycles. The van der Waals surface area contributed by atoms with Gasteiger partial charge in [0.15, 0.2) is 0 Å². The van der Waals surface area contributed by atoms with Crippen LogP contribution in [0.4, 0.5) is 5.69 Å². The number of carbonyl (C=O) groups excluding carboxylic acids is 1. The van der Waals surface area contributed by atoms with E-state index in [1.54, 1.807) is 0 Å². The quantitative estimate of drug-likeness (QED) is 0.883. The summed E-state index contributed by atoms with van der Waals surface area (Å²) in [4.78, 5) is 12.0. The minimum Gasteiger partial charge on any atom is -0.373 e. The molecule has 0 fully saturated rings. The van der Waals surface area contributed by atoms with Gasteiger partial charge in [-0.05, 0) is 48.8 Å². The summed E-state index contributed by atoms with van der Waals surface area (Å²) in [6.07, 6.45) is 3.21. The summed E-state index contributed by atoms with van der Waals surface area (Å²) in [7, 11) is 0. The van der Waals surface area contributed by atoms with E-state index >= 15 is 0 Å². The Bertz CT molecular complexity index is 668. The molecule has 0 bridgehead atoms. The zero-order valence-electron chi connectivity index (χ0n) is 12.7. The minimum atomic E-state index is -0.227. The molecule has 0 saturated heterocycles. The first-order chi connectivity index (χ1) is 10.2. The number of rotatable bonds is 5. The van der Waals surface area contributed by atoms with E-state index in [0.717, 1.165) is 31.5 Å². The number of amides is 1. The second kappa shape index (κ2) is 5.76. The zero-order chi connectivity index (χ0) is 14.8. The van der Waals surface area contributed by atoms with Crippen LogP contribution in [0.1, 0.15) is 31.4 Å². The molecule has 3 heteroatoms. The summed E-state index contributed by atoms with van der Waals surface area (Å²) < 4.78 is 0. The van der Waals surface area contributed by atoms with Gasteiger partial charge in [-0.1, -0.05) is 31.2 Å². The van der Waals surface area contributed by atoms with Gasteiger partial charge in [-0.3, -0.25) is 4.79 Å². The van der Waals surface area contributed by atoms with Crippen LogP contribution in [0.25, 0.3) is 10.8 Å². The predicted octanol–water partition coefficient (Wildman–Crippen LogP) is 3.27. The van der Waals surface area contributed by atoms with Crippen LogP contribution in [0.15, 0.2) is 30.3 Å². The van der Waals surface area contributed by atoms with Crippen LogP contribution in [-0.4, -0.2) is 18.5 Å². The lowest BCUT2D eigenvalue weighted by Crippen LogP contribution is -2.37. The molecule has 21 heavy (non-hydrogen) atoms. The summed E-state index contributed by atoms with van der Waals surface area (Å²) in [6.45, 7) is 4.70. The highest BCUT2D eigenvalue weighted by molar-refractivity contribution is 6.00. The lowest BCUT2D eigenvalue weighted by atomic mass is 10.0. The van der Waals surface area contributed by atoms with E-state index in [1.807, 2.05) is 6.92 Å². The summed E-state index contributed by atoms with van der Waals surface area (Å²) in [5.74, 6) is 0.0557. The monoisotopic (exact) mass is 282 g/mol. The molecule has 3 rings (SSSR count). The highest BCUT2D eigenvalue weighted by Gasteiger charge is 2.18. The van der Waals surface area contributed by atoms with Crippen molar-refractivity contribution >= 4 is 22.4 Å². The molecule has 2 N–H and O–H groups in total. The maximum Gasteiger partial charge on any atom is 0.242 e. The second-order valence-corrected chi connectivity index (χ2v) is 5.77. The van der Waals surface area contributed by atoms with Crippen molar-refractivity contribution < 1.29 is 4.79 Å². The number of aryl methyl sites for hydroxylation is 2. The number of anilines is 1. The van der Waals surface area contributed by atoms with Crippen LogP contribution in [-0.2, 0) is 17.6 Å². The molecule has 110 valence electrons.